The summed E-state index contributed by atoms with van der Waals surface area (Å²) >= 11 is 0. The van der Waals surface area contributed by atoms with Crippen molar-refractivity contribution in [2.45, 2.75) is 18.9 Å². The molecule has 0 bridgehead atoms. The maximum atomic E-state index is 13.9. The summed E-state index contributed by atoms with van der Waals surface area (Å²) in [7, 11) is 0. The Labute approximate surface area is 159 Å². The van der Waals surface area contributed by atoms with E-state index < -0.39 is 29.2 Å². The number of anilines is 1. The second kappa shape index (κ2) is 6.85. The quantitative estimate of drug-likeness (QED) is 0.758. The summed E-state index contributed by atoms with van der Waals surface area (Å²) in [5.41, 5.74) is 1.63. The van der Waals surface area contributed by atoms with Gasteiger partial charge in [0.05, 0.1) is 11.7 Å². The molecule has 0 aliphatic carbocycles. The van der Waals surface area contributed by atoms with Gasteiger partial charge in [-0.25, -0.2) is 18.0 Å². The van der Waals surface area contributed by atoms with Gasteiger partial charge in [-0.2, -0.15) is 0 Å². The average Bonchev–Trinajstić information content (AvgIpc) is 2.69. The Morgan fingerprint density at radius 2 is 1.75 bits per heavy atom. The van der Waals surface area contributed by atoms with Crippen molar-refractivity contribution in [3.05, 3.63) is 65.0 Å². The summed E-state index contributed by atoms with van der Waals surface area (Å²) in [5, 5.41) is 2.23. The number of hydrogen-bond acceptors (Lipinski definition) is 2. The Morgan fingerprint density at radius 3 is 2.50 bits per heavy atom. The van der Waals surface area contributed by atoms with Gasteiger partial charge in [0.15, 0.2) is 17.5 Å². The standard InChI is InChI=1S/C20H18F3N3O2/c1-11-8-26-16(13-5-3-2-4-12(11)13)9-25(10-17(26)27)20(28)24-15-7-6-14(21)18(22)19(15)23/h2-7,11,16H,8-10H2,1H3,(H,24,28)/t11-,16-/m0/s1. The van der Waals surface area contributed by atoms with Crippen molar-refractivity contribution in [3.8, 4) is 0 Å². The topological polar surface area (TPSA) is 52.7 Å². The van der Waals surface area contributed by atoms with Gasteiger partial charge in [-0.15, -0.1) is 0 Å². The molecule has 2 atom stereocenters. The zero-order valence-corrected chi connectivity index (χ0v) is 15.1. The van der Waals surface area contributed by atoms with Crippen LogP contribution in [0.1, 0.15) is 30.0 Å². The molecule has 1 N–H and O–H groups in total. The highest BCUT2D eigenvalue weighted by Gasteiger charge is 2.40. The van der Waals surface area contributed by atoms with E-state index in [1.54, 1.807) is 4.90 Å². The van der Waals surface area contributed by atoms with Crippen molar-refractivity contribution in [1.29, 1.82) is 0 Å². The first kappa shape index (κ1) is 18.3. The van der Waals surface area contributed by atoms with Crippen molar-refractivity contribution in [2.75, 3.05) is 25.0 Å². The number of piperazine rings is 1. The SMILES string of the molecule is C[C@H]1CN2C(=O)CN(C(=O)Nc3ccc(F)c(F)c3F)C[C@H]2c2ccccc21. The summed E-state index contributed by atoms with van der Waals surface area (Å²) < 4.78 is 40.3. The summed E-state index contributed by atoms with van der Waals surface area (Å²) in [5.74, 6) is -4.50. The molecule has 2 aromatic rings. The Hall–Kier alpha value is -3.03. The van der Waals surface area contributed by atoms with E-state index in [4.69, 9.17) is 0 Å². The number of rotatable bonds is 1. The second-order valence-electron chi connectivity index (χ2n) is 7.13. The number of amides is 3. The summed E-state index contributed by atoms with van der Waals surface area (Å²) in [6.07, 6.45) is 0. The molecule has 28 heavy (non-hydrogen) atoms. The number of benzene rings is 2. The number of halogens is 3. The molecule has 2 aliphatic heterocycles. The molecule has 146 valence electrons. The second-order valence-corrected chi connectivity index (χ2v) is 7.13. The third-order valence-electron chi connectivity index (χ3n) is 5.34. The monoisotopic (exact) mass is 389 g/mol. The molecule has 0 saturated carbocycles. The van der Waals surface area contributed by atoms with Crippen LogP contribution in [0.5, 0.6) is 0 Å². The third-order valence-corrected chi connectivity index (χ3v) is 5.34. The van der Waals surface area contributed by atoms with Gasteiger partial charge in [0, 0.05) is 13.1 Å². The Balaban J connectivity index is 1.58. The van der Waals surface area contributed by atoms with Gasteiger partial charge in [0.2, 0.25) is 5.91 Å². The molecule has 2 aliphatic rings. The summed E-state index contributed by atoms with van der Waals surface area (Å²) in [6, 6.07) is 8.41. The molecule has 8 heteroatoms. The van der Waals surface area contributed by atoms with Crippen LogP contribution in [0.2, 0.25) is 0 Å². The lowest BCUT2D eigenvalue weighted by Gasteiger charge is -2.46. The van der Waals surface area contributed by atoms with Crippen molar-refractivity contribution in [2.24, 2.45) is 0 Å². The summed E-state index contributed by atoms with van der Waals surface area (Å²) in [4.78, 5) is 28.2. The molecular weight excluding hydrogens is 371 g/mol. The maximum absolute atomic E-state index is 13.9. The van der Waals surface area contributed by atoms with Gasteiger partial charge >= 0.3 is 6.03 Å². The fourth-order valence-corrected chi connectivity index (χ4v) is 3.92. The van der Waals surface area contributed by atoms with Crippen LogP contribution in [0.25, 0.3) is 0 Å². The first-order chi connectivity index (χ1) is 13.4. The van der Waals surface area contributed by atoms with Crippen LogP contribution in [-0.2, 0) is 4.79 Å². The highest BCUT2D eigenvalue weighted by atomic mass is 19.2. The van der Waals surface area contributed by atoms with Crippen molar-refractivity contribution >= 4 is 17.6 Å². The van der Waals surface area contributed by atoms with Crippen LogP contribution in [0.4, 0.5) is 23.7 Å². The number of carbonyl (C=O) groups excluding carboxylic acids is 2. The third kappa shape index (κ3) is 2.98. The highest BCUT2D eigenvalue weighted by Crippen LogP contribution is 2.38. The van der Waals surface area contributed by atoms with E-state index in [-0.39, 0.29) is 31.0 Å². The van der Waals surface area contributed by atoms with E-state index in [0.29, 0.717) is 6.54 Å². The molecule has 0 radical (unpaired) electrons. The van der Waals surface area contributed by atoms with E-state index in [1.807, 2.05) is 31.2 Å². The van der Waals surface area contributed by atoms with Gasteiger partial charge in [-0.3, -0.25) is 4.79 Å². The van der Waals surface area contributed by atoms with Crippen LogP contribution >= 0.6 is 0 Å². The molecule has 4 rings (SSSR count). The largest absolute Gasteiger partial charge is 0.332 e. The van der Waals surface area contributed by atoms with Crippen molar-refractivity contribution in [1.82, 2.24) is 9.80 Å². The number of nitrogens with zero attached hydrogens (tertiary/aromatic N) is 2. The lowest BCUT2D eigenvalue weighted by Crippen LogP contribution is -2.56. The van der Waals surface area contributed by atoms with Crippen LogP contribution < -0.4 is 5.32 Å². The molecule has 2 aromatic carbocycles. The predicted molar refractivity (Wildman–Crippen MR) is 96.2 cm³/mol. The fourth-order valence-electron chi connectivity index (χ4n) is 3.92. The number of nitrogens with one attached hydrogen (secondary N) is 1. The zero-order chi connectivity index (χ0) is 20.0. The van der Waals surface area contributed by atoms with E-state index >= 15 is 0 Å². The molecular formula is C20H18F3N3O2. The van der Waals surface area contributed by atoms with E-state index in [0.717, 1.165) is 23.3 Å². The fraction of sp³-hybridized carbons (Fsp3) is 0.300. The number of hydrogen-bond donors (Lipinski definition) is 1. The number of carbonyl (C=O) groups is 2. The lowest BCUT2D eigenvalue weighted by atomic mass is 9.85. The van der Waals surface area contributed by atoms with Crippen molar-refractivity contribution < 1.29 is 22.8 Å². The Bertz CT molecular complexity index is 966. The maximum Gasteiger partial charge on any atom is 0.322 e. The normalized spacial score (nSPS) is 21.2. The molecule has 1 fully saturated rings. The summed E-state index contributed by atoms with van der Waals surface area (Å²) in [6.45, 7) is 2.68. The van der Waals surface area contributed by atoms with E-state index in [2.05, 4.69) is 5.32 Å². The van der Waals surface area contributed by atoms with Crippen LogP contribution in [0.3, 0.4) is 0 Å². The highest BCUT2D eigenvalue weighted by molar-refractivity contribution is 5.93. The molecule has 0 spiro atoms. The van der Waals surface area contributed by atoms with Crippen LogP contribution in [0, 0.1) is 17.5 Å². The van der Waals surface area contributed by atoms with Crippen LogP contribution in [-0.4, -0.2) is 41.4 Å². The Morgan fingerprint density at radius 1 is 1.04 bits per heavy atom. The van der Waals surface area contributed by atoms with Gasteiger partial charge in [-0.05, 0) is 29.2 Å². The minimum atomic E-state index is -1.66. The van der Waals surface area contributed by atoms with Gasteiger partial charge in [0.1, 0.15) is 6.54 Å². The first-order valence-corrected chi connectivity index (χ1v) is 8.94. The smallest absolute Gasteiger partial charge is 0.322 e. The minimum absolute atomic E-state index is 0.164. The first-order valence-electron chi connectivity index (χ1n) is 8.94. The molecule has 2 heterocycles. The average molecular weight is 389 g/mol. The molecule has 0 unspecified atom stereocenters. The van der Waals surface area contributed by atoms with Gasteiger partial charge in [0.25, 0.3) is 0 Å². The predicted octanol–water partition coefficient (Wildman–Crippen LogP) is 3.64. The van der Waals surface area contributed by atoms with Crippen LogP contribution in [0.15, 0.2) is 36.4 Å². The number of fused-ring (bicyclic) bond motifs is 3. The molecule has 3 amide bonds. The van der Waals surface area contributed by atoms with E-state index in [9.17, 15) is 22.8 Å². The van der Waals surface area contributed by atoms with Crippen molar-refractivity contribution in [3.63, 3.8) is 0 Å². The number of urea groups is 1. The zero-order valence-electron chi connectivity index (χ0n) is 15.1. The molecule has 5 nitrogen and oxygen atoms in total. The Kier molecular flexibility index (Phi) is 4.49. The minimum Gasteiger partial charge on any atom is -0.332 e. The lowest BCUT2D eigenvalue weighted by molar-refractivity contribution is -0.139. The van der Waals surface area contributed by atoms with Gasteiger partial charge in [-0.1, -0.05) is 31.2 Å². The van der Waals surface area contributed by atoms with E-state index in [1.165, 1.54) is 4.90 Å². The van der Waals surface area contributed by atoms with Gasteiger partial charge < -0.3 is 15.1 Å². The molecule has 1 saturated heterocycles. The molecule has 0 aromatic heterocycles.